The Morgan fingerprint density at radius 3 is 2.45 bits per heavy atom. The van der Waals surface area contributed by atoms with Crippen LogP contribution in [0.15, 0.2) is 18.2 Å². The van der Waals surface area contributed by atoms with Gasteiger partial charge >= 0.3 is 6.18 Å². The Labute approximate surface area is 115 Å². The molecular formula is C15H18F4O. The molecule has 1 aliphatic carbocycles. The van der Waals surface area contributed by atoms with Crippen molar-refractivity contribution in [2.75, 3.05) is 0 Å². The molecule has 2 atom stereocenters. The summed E-state index contributed by atoms with van der Waals surface area (Å²) in [6.07, 6.45) is -3.09. The third kappa shape index (κ3) is 2.82. The van der Waals surface area contributed by atoms with Gasteiger partial charge in [0.1, 0.15) is 5.82 Å². The van der Waals surface area contributed by atoms with Gasteiger partial charge in [-0.1, -0.05) is 26.3 Å². The Morgan fingerprint density at radius 1 is 1.30 bits per heavy atom. The predicted molar refractivity (Wildman–Crippen MR) is 67.5 cm³/mol. The van der Waals surface area contributed by atoms with Gasteiger partial charge in [-0.05, 0) is 41.9 Å². The van der Waals surface area contributed by atoms with E-state index in [9.17, 15) is 22.7 Å². The van der Waals surface area contributed by atoms with E-state index < -0.39 is 23.7 Å². The van der Waals surface area contributed by atoms with Gasteiger partial charge in [0, 0.05) is 0 Å². The lowest BCUT2D eigenvalue weighted by atomic mass is 9.76. The van der Waals surface area contributed by atoms with Gasteiger partial charge in [0.15, 0.2) is 0 Å². The van der Waals surface area contributed by atoms with Crippen LogP contribution in [0.1, 0.15) is 50.3 Å². The van der Waals surface area contributed by atoms with E-state index in [1.807, 2.05) is 13.8 Å². The van der Waals surface area contributed by atoms with Crippen LogP contribution in [0, 0.1) is 17.2 Å². The minimum atomic E-state index is -4.75. The molecule has 5 heteroatoms. The van der Waals surface area contributed by atoms with Crippen LogP contribution >= 0.6 is 0 Å². The molecule has 112 valence electrons. The highest BCUT2D eigenvalue weighted by Gasteiger charge is 2.41. The molecule has 1 nitrogen and oxygen atoms in total. The van der Waals surface area contributed by atoms with E-state index in [1.54, 1.807) is 0 Å². The number of benzene rings is 1. The maximum Gasteiger partial charge on any atom is 0.419 e. The Morgan fingerprint density at radius 2 is 1.95 bits per heavy atom. The van der Waals surface area contributed by atoms with Gasteiger partial charge < -0.3 is 5.11 Å². The van der Waals surface area contributed by atoms with Crippen molar-refractivity contribution < 1.29 is 22.7 Å². The lowest BCUT2D eigenvalue weighted by Crippen LogP contribution is -2.24. The van der Waals surface area contributed by atoms with Crippen molar-refractivity contribution in [1.29, 1.82) is 0 Å². The molecule has 20 heavy (non-hydrogen) atoms. The summed E-state index contributed by atoms with van der Waals surface area (Å²) in [5.41, 5.74) is -1.30. The van der Waals surface area contributed by atoms with E-state index in [2.05, 4.69) is 0 Å². The van der Waals surface area contributed by atoms with Crippen LogP contribution in [0.4, 0.5) is 17.6 Å². The first-order valence-electron chi connectivity index (χ1n) is 6.67. The zero-order valence-electron chi connectivity index (χ0n) is 11.5. The Hall–Kier alpha value is -1.10. The molecule has 0 aromatic heterocycles. The molecular weight excluding hydrogens is 272 g/mol. The van der Waals surface area contributed by atoms with Crippen LogP contribution < -0.4 is 0 Å². The largest absolute Gasteiger partial charge is 0.419 e. The summed E-state index contributed by atoms with van der Waals surface area (Å²) in [5, 5.41) is 10.3. The van der Waals surface area contributed by atoms with Crippen molar-refractivity contribution in [2.45, 2.75) is 45.4 Å². The first-order valence-corrected chi connectivity index (χ1v) is 6.67. The van der Waals surface area contributed by atoms with E-state index in [4.69, 9.17) is 0 Å². The summed E-state index contributed by atoms with van der Waals surface area (Å²) in [6, 6.07) is 2.75. The molecule has 0 bridgehead atoms. The highest BCUT2D eigenvalue weighted by atomic mass is 19.4. The quantitative estimate of drug-likeness (QED) is 0.782. The van der Waals surface area contributed by atoms with Crippen LogP contribution in [0.3, 0.4) is 0 Å². The molecule has 1 saturated carbocycles. The average molecular weight is 290 g/mol. The fourth-order valence-corrected chi connectivity index (χ4v) is 3.12. The molecule has 0 radical (unpaired) electrons. The van der Waals surface area contributed by atoms with Gasteiger partial charge in [0.2, 0.25) is 0 Å². The highest BCUT2D eigenvalue weighted by Crippen LogP contribution is 2.49. The highest BCUT2D eigenvalue weighted by molar-refractivity contribution is 5.29. The van der Waals surface area contributed by atoms with Crippen molar-refractivity contribution in [3.63, 3.8) is 0 Å². The van der Waals surface area contributed by atoms with Gasteiger partial charge in [-0.15, -0.1) is 0 Å². The van der Waals surface area contributed by atoms with Crippen molar-refractivity contribution >= 4 is 0 Å². The fourth-order valence-electron chi connectivity index (χ4n) is 3.12. The first kappa shape index (κ1) is 15.3. The number of rotatable bonds is 2. The van der Waals surface area contributed by atoms with E-state index >= 15 is 0 Å². The molecule has 0 aliphatic heterocycles. The molecule has 0 heterocycles. The zero-order valence-corrected chi connectivity index (χ0v) is 11.5. The summed E-state index contributed by atoms with van der Waals surface area (Å²) in [7, 11) is 0. The van der Waals surface area contributed by atoms with Gasteiger partial charge in [-0.2, -0.15) is 13.2 Å². The second-order valence-electron chi connectivity index (χ2n) is 6.17. The van der Waals surface area contributed by atoms with E-state index in [-0.39, 0.29) is 16.9 Å². The van der Waals surface area contributed by atoms with Crippen molar-refractivity contribution in [3.8, 4) is 0 Å². The Kier molecular flexibility index (Phi) is 3.84. The Balaban J connectivity index is 2.34. The topological polar surface area (TPSA) is 20.2 Å². The molecule has 1 aromatic rings. The summed E-state index contributed by atoms with van der Waals surface area (Å²) >= 11 is 0. The SMILES string of the molecule is CC1(C)CCCC1C(O)c1ccc(F)c(C(F)(F)F)c1. The van der Waals surface area contributed by atoms with Crippen LogP contribution in [0.2, 0.25) is 0 Å². The summed E-state index contributed by atoms with van der Waals surface area (Å²) in [5.74, 6) is -1.41. The number of alkyl halides is 3. The molecule has 0 spiro atoms. The second kappa shape index (κ2) is 5.02. The Bertz CT molecular complexity index is 493. The average Bonchev–Trinajstić information content (AvgIpc) is 2.67. The van der Waals surface area contributed by atoms with Crippen molar-refractivity contribution in [3.05, 3.63) is 35.1 Å². The number of aliphatic hydroxyl groups is 1. The minimum absolute atomic E-state index is 0.103. The summed E-state index contributed by atoms with van der Waals surface area (Å²) in [6.45, 7) is 4.00. The molecule has 2 rings (SSSR count). The number of halogens is 4. The number of aliphatic hydroxyl groups excluding tert-OH is 1. The normalized spacial score (nSPS) is 23.9. The van der Waals surface area contributed by atoms with Crippen LogP contribution in [0.25, 0.3) is 0 Å². The standard InChI is InChI=1S/C15H18F4O/c1-14(2)7-3-4-10(14)13(20)9-5-6-12(16)11(8-9)15(17,18)19/h5-6,8,10,13,20H,3-4,7H2,1-2H3. The first-order chi connectivity index (χ1) is 9.13. The maximum absolute atomic E-state index is 13.3. The number of hydrogen-bond donors (Lipinski definition) is 1. The van der Waals surface area contributed by atoms with Gasteiger partial charge in [-0.25, -0.2) is 4.39 Å². The molecule has 1 aromatic carbocycles. The molecule has 0 amide bonds. The summed E-state index contributed by atoms with van der Waals surface area (Å²) < 4.78 is 51.4. The van der Waals surface area contributed by atoms with Crippen LogP contribution in [0.5, 0.6) is 0 Å². The van der Waals surface area contributed by atoms with Crippen LogP contribution in [-0.4, -0.2) is 5.11 Å². The van der Waals surface area contributed by atoms with E-state index in [0.29, 0.717) is 0 Å². The maximum atomic E-state index is 13.3. The molecule has 2 unspecified atom stereocenters. The zero-order chi connectivity index (χ0) is 15.1. The van der Waals surface area contributed by atoms with E-state index in [0.717, 1.165) is 31.4 Å². The number of hydrogen-bond acceptors (Lipinski definition) is 1. The van der Waals surface area contributed by atoms with Crippen molar-refractivity contribution in [2.24, 2.45) is 11.3 Å². The lowest BCUT2D eigenvalue weighted by molar-refractivity contribution is -0.140. The molecule has 1 aliphatic rings. The predicted octanol–water partition coefficient (Wildman–Crippen LogP) is 4.70. The monoisotopic (exact) mass is 290 g/mol. The van der Waals surface area contributed by atoms with Crippen molar-refractivity contribution in [1.82, 2.24) is 0 Å². The molecule has 1 fully saturated rings. The van der Waals surface area contributed by atoms with Gasteiger partial charge in [-0.3, -0.25) is 0 Å². The van der Waals surface area contributed by atoms with Gasteiger partial charge in [0.25, 0.3) is 0 Å². The third-order valence-electron chi connectivity index (χ3n) is 4.36. The fraction of sp³-hybridized carbons (Fsp3) is 0.600. The minimum Gasteiger partial charge on any atom is -0.388 e. The smallest absolute Gasteiger partial charge is 0.388 e. The molecule has 0 saturated heterocycles. The third-order valence-corrected chi connectivity index (χ3v) is 4.36. The van der Waals surface area contributed by atoms with E-state index in [1.165, 1.54) is 6.07 Å². The summed E-state index contributed by atoms with van der Waals surface area (Å²) in [4.78, 5) is 0. The second-order valence-corrected chi connectivity index (χ2v) is 6.17. The lowest BCUT2D eigenvalue weighted by Gasteiger charge is -2.31. The van der Waals surface area contributed by atoms with Crippen LogP contribution in [-0.2, 0) is 6.18 Å². The van der Waals surface area contributed by atoms with Gasteiger partial charge in [0.05, 0.1) is 11.7 Å². The molecule has 1 N–H and O–H groups in total.